The van der Waals surface area contributed by atoms with E-state index in [1.165, 1.54) is 0 Å². The second-order valence-corrected chi connectivity index (χ2v) is 5.61. The van der Waals surface area contributed by atoms with Gasteiger partial charge in [0.25, 0.3) is 0 Å². The van der Waals surface area contributed by atoms with Crippen LogP contribution in [-0.4, -0.2) is 23.9 Å². The summed E-state index contributed by atoms with van der Waals surface area (Å²) in [5.74, 6) is -0.353. The van der Waals surface area contributed by atoms with Gasteiger partial charge in [-0.3, -0.25) is 0 Å². The van der Waals surface area contributed by atoms with Crippen LogP contribution in [0.15, 0.2) is 4.52 Å². The lowest BCUT2D eigenvalue weighted by atomic mass is 9.85. The van der Waals surface area contributed by atoms with Gasteiger partial charge in [-0.25, -0.2) is 0 Å². The topological polar surface area (TPSA) is 38.1 Å². The van der Waals surface area contributed by atoms with Gasteiger partial charge >= 0.3 is 6.18 Å². The first kappa shape index (κ1) is 15.4. The van der Waals surface area contributed by atoms with E-state index in [9.17, 15) is 13.2 Å². The van der Waals surface area contributed by atoms with Gasteiger partial charge in [-0.15, -0.1) is 0 Å². The number of alkyl halides is 3. The highest BCUT2D eigenvalue weighted by Gasteiger charge is 2.41. The molecule has 1 heterocycles. The van der Waals surface area contributed by atoms with Gasteiger partial charge in [0.05, 0.1) is 11.6 Å². The monoisotopic (exact) mass is 290 g/mol. The number of aryl methyl sites for hydroxylation is 2. The van der Waals surface area contributed by atoms with Gasteiger partial charge in [-0.2, -0.15) is 13.2 Å². The Balaban J connectivity index is 1.80. The Morgan fingerprint density at radius 1 is 1.30 bits per heavy atom. The molecule has 1 N–H and O–H groups in total. The zero-order chi connectivity index (χ0) is 14.8. The van der Waals surface area contributed by atoms with E-state index < -0.39 is 12.1 Å². The molecule has 1 saturated carbocycles. The predicted molar refractivity (Wildman–Crippen MR) is 69.5 cm³/mol. The summed E-state index contributed by atoms with van der Waals surface area (Å²) in [4.78, 5) is 0. The minimum absolute atomic E-state index is 0.0316. The van der Waals surface area contributed by atoms with E-state index in [0.717, 1.165) is 29.9 Å². The molecule has 1 aromatic rings. The zero-order valence-electron chi connectivity index (χ0n) is 11.9. The molecule has 1 aliphatic rings. The molecule has 1 fully saturated rings. The Labute approximate surface area is 116 Å². The van der Waals surface area contributed by atoms with Crippen LogP contribution in [0.4, 0.5) is 13.2 Å². The molecule has 2 rings (SSSR count). The predicted octanol–water partition coefficient (Wildman–Crippen LogP) is 3.54. The van der Waals surface area contributed by atoms with Crippen LogP contribution in [0.1, 0.15) is 42.7 Å². The summed E-state index contributed by atoms with van der Waals surface area (Å²) in [5.41, 5.74) is 1.92. The fourth-order valence-corrected chi connectivity index (χ4v) is 2.93. The fraction of sp³-hybridized carbons (Fsp3) is 0.786. The number of nitrogens with zero attached hydrogens (tertiary/aromatic N) is 1. The van der Waals surface area contributed by atoms with E-state index in [4.69, 9.17) is 4.52 Å². The number of nitrogens with one attached hydrogen (secondary N) is 1. The van der Waals surface area contributed by atoms with E-state index in [2.05, 4.69) is 10.5 Å². The Hall–Kier alpha value is -1.04. The summed E-state index contributed by atoms with van der Waals surface area (Å²) in [6, 6.07) is -0.0316. The maximum absolute atomic E-state index is 12.7. The zero-order valence-corrected chi connectivity index (χ0v) is 11.9. The highest BCUT2D eigenvalue weighted by Crippen LogP contribution is 2.37. The van der Waals surface area contributed by atoms with Crippen molar-refractivity contribution in [2.24, 2.45) is 5.92 Å². The van der Waals surface area contributed by atoms with Crippen molar-refractivity contribution in [1.82, 2.24) is 10.5 Å². The summed E-state index contributed by atoms with van der Waals surface area (Å²) in [6.45, 7) is 4.40. The quantitative estimate of drug-likeness (QED) is 0.921. The van der Waals surface area contributed by atoms with Crippen LogP contribution in [-0.2, 0) is 6.42 Å². The normalized spacial score (nSPS) is 24.1. The summed E-state index contributed by atoms with van der Waals surface area (Å²) < 4.78 is 43.2. The van der Waals surface area contributed by atoms with Crippen molar-refractivity contribution in [3.8, 4) is 0 Å². The molecule has 0 radical (unpaired) electrons. The lowest BCUT2D eigenvalue weighted by Crippen LogP contribution is -2.39. The van der Waals surface area contributed by atoms with Gasteiger partial charge in [-0.1, -0.05) is 11.6 Å². The first-order valence-electron chi connectivity index (χ1n) is 7.09. The molecule has 2 atom stereocenters. The van der Waals surface area contributed by atoms with Crippen LogP contribution in [0.3, 0.4) is 0 Å². The molecule has 114 valence electrons. The lowest BCUT2D eigenvalue weighted by Gasteiger charge is -2.31. The van der Waals surface area contributed by atoms with Crippen molar-refractivity contribution in [1.29, 1.82) is 0 Å². The molecule has 0 aliphatic heterocycles. The molecule has 0 saturated heterocycles. The van der Waals surface area contributed by atoms with Crippen molar-refractivity contribution >= 4 is 0 Å². The molecule has 0 spiro atoms. The number of hydrogen-bond acceptors (Lipinski definition) is 3. The van der Waals surface area contributed by atoms with Crippen LogP contribution in [0.2, 0.25) is 0 Å². The van der Waals surface area contributed by atoms with E-state index in [0.29, 0.717) is 13.0 Å². The maximum atomic E-state index is 12.7. The Bertz CT molecular complexity index is 423. The second-order valence-electron chi connectivity index (χ2n) is 5.61. The van der Waals surface area contributed by atoms with Gasteiger partial charge in [0.1, 0.15) is 5.76 Å². The number of halogens is 3. The van der Waals surface area contributed by atoms with Crippen LogP contribution in [0.25, 0.3) is 0 Å². The molecule has 20 heavy (non-hydrogen) atoms. The highest BCUT2D eigenvalue weighted by atomic mass is 19.4. The van der Waals surface area contributed by atoms with Crippen LogP contribution < -0.4 is 5.32 Å². The highest BCUT2D eigenvalue weighted by molar-refractivity contribution is 5.20. The third-order valence-electron chi connectivity index (χ3n) is 4.13. The van der Waals surface area contributed by atoms with Gasteiger partial charge in [0.2, 0.25) is 0 Å². The van der Waals surface area contributed by atoms with Gasteiger partial charge in [-0.05, 0) is 46.1 Å². The molecular weight excluding hydrogens is 269 g/mol. The smallest absolute Gasteiger partial charge is 0.361 e. The van der Waals surface area contributed by atoms with Crippen LogP contribution >= 0.6 is 0 Å². The standard InChI is InChI=1S/C14H21F3N2O/c1-9-13(10(2)20-19-9)6-7-18-12-5-3-4-11(8-12)14(15,16)17/h11-12,18H,3-8H2,1-2H3/t11-,12-/m0/s1. The first-order valence-corrected chi connectivity index (χ1v) is 7.09. The number of aromatic nitrogens is 1. The van der Waals surface area contributed by atoms with Crippen molar-refractivity contribution in [2.75, 3.05) is 6.54 Å². The van der Waals surface area contributed by atoms with E-state index in [1.807, 2.05) is 13.8 Å². The molecule has 6 heteroatoms. The van der Waals surface area contributed by atoms with Gasteiger partial charge in [0, 0.05) is 11.6 Å². The largest absolute Gasteiger partial charge is 0.391 e. The minimum Gasteiger partial charge on any atom is -0.361 e. The van der Waals surface area contributed by atoms with Crippen molar-refractivity contribution in [2.45, 2.75) is 58.2 Å². The Morgan fingerprint density at radius 2 is 2.05 bits per heavy atom. The second kappa shape index (κ2) is 6.16. The first-order chi connectivity index (χ1) is 9.38. The minimum atomic E-state index is -4.05. The molecule has 1 aliphatic carbocycles. The number of rotatable bonds is 4. The molecular formula is C14H21F3N2O. The number of hydrogen-bond donors (Lipinski definition) is 1. The van der Waals surface area contributed by atoms with Crippen molar-refractivity contribution < 1.29 is 17.7 Å². The molecule has 0 amide bonds. The Kier molecular flexibility index (Phi) is 4.73. The third kappa shape index (κ3) is 3.75. The average Bonchev–Trinajstić information content (AvgIpc) is 2.70. The molecule has 3 nitrogen and oxygen atoms in total. The molecule has 0 unspecified atom stereocenters. The lowest BCUT2D eigenvalue weighted by molar-refractivity contribution is -0.183. The molecule has 1 aromatic heterocycles. The third-order valence-corrected chi connectivity index (χ3v) is 4.13. The molecule has 0 bridgehead atoms. The van der Waals surface area contributed by atoms with Crippen molar-refractivity contribution in [3.05, 3.63) is 17.0 Å². The summed E-state index contributed by atoms with van der Waals surface area (Å²) >= 11 is 0. The summed E-state index contributed by atoms with van der Waals surface area (Å²) in [7, 11) is 0. The van der Waals surface area contributed by atoms with E-state index in [-0.39, 0.29) is 18.9 Å². The van der Waals surface area contributed by atoms with Crippen LogP contribution in [0, 0.1) is 19.8 Å². The SMILES string of the molecule is Cc1noc(C)c1CCN[C@H]1CCC[C@H](C(F)(F)F)C1. The summed E-state index contributed by atoms with van der Waals surface area (Å²) in [5, 5.41) is 7.12. The average molecular weight is 290 g/mol. The van der Waals surface area contributed by atoms with Crippen LogP contribution in [0.5, 0.6) is 0 Å². The van der Waals surface area contributed by atoms with Gasteiger partial charge < -0.3 is 9.84 Å². The van der Waals surface area contributed by atoms with E-state index >= 15 is 0 Å². The molecule has 0 aromatic carbocycles. The fourth-order valence-electron chi connectivity index (χ4n) is 2.93. The van der Waals surface area contributed by atoms with Gasteiger partial charge in [0.15, 0.2) is 0 Å². The Morgan fingerprint density at radius 3 is 2.65 bits per heavy atom. The van der Waals surface area contributed by atoms with Crippen molar-refractivity contribution in [3.63, 3.8) is 0 Å². The maximum Gasteiger partial charge on any atom is 0.391 e. The summed E-state index contributed by atoms with van der Waals surface area (Å²) in [6.07, 6.45) is -1.37. The van der Waals surface area contributed by atoms with E-state index in [1.54, 1.807) is 0 Å².